The van der Waals surface area contributed by atoms with Crippen LogP contribution in [0.25, 0.3) is 0 Å². The first kappa shape index (κ1) is 21.1. The number of hydrogen-bond donors (Lipinski definition) is 4. The second-order valence-corrected chi connectivity index (χ2v) is 7.33. The molecule has 2 unspecified atom stereocenters. The number of carbonyl (C=O) groups excluding carboxylic acids is 1. The molecule has 1 saturated heterocycles. The van der Waals surface area contributed by atoms with Crippen molar-refractivity contribution in [2.45, 2.75) is 44.5 Å². The summed E-state index contributed by atoms with van der Waals surface area (Å²) in [5.41, 5.74) is 1.56. The first-order valence-electron chi connectivity index (χ1n) is 9.23. The van der Waals surface area contributed by atoms with E-state index < -0.39 is 36.1 Å². The topological polar surface area (TPSA) is 110 Å². The van der Waals surface area contributed by atoms with E-state index in [1.54, 1.807) is 11.0 Å². The zero-order valence-electron chi connectivity index (χ0n) is 15.4. The Kier molecular flexibility index (Phi) is 7.79. The van der Waals surface area contributed by atoms with Gasteiger partial charge < -0.3 is 25.2 Å². The summed E-state index contributed by atoms with van der Waals surface area (Å²) >= 11 is 0. The van der Waals surface area contributed by atoms with Crippen molar-refractivity contribution in [2.75, 3.05) is 32.8 Å². The molecule has 0 aromatic heterocycles. The van der Waals surface area contributed by atoms with Crippen LogP contribution in [0.3, 0.4) is 0 Å². The fourth-order valence-corrected chi connectivity index (χ4v) is 3.87. The Morgan fingerprint density at radius 3 is 2.54 bits per heavy atom. The standard InChI is InChI=1S/C19H31NO6/c1-12-3-4-15(23)13(2)10-17-18(16(24)9-12)14(19(25)26-17)11-20(5-7-21)6-8-22/h9,14-18,21-24H,2-8,10-11H2,1H3/b12-9+/t14?,15-,16+,17-,18?/m0/s1. The second kappa shape index (κ2) is 9.62. The van der Waals surface area contributed by atoms with Gasteiger partial charge in [-0.15, -0.1) is 0 Å². The van der Waals surface area contributed by atoms with Crippen molar-refractivity contribution < 1.29 is 30.0 Å². The van der Waals surface area contributed by atoms with Gasteiger partial charge in [0.15, 0.2) is 0 Å². The van der Waals surface area contributed by atoms with Gasteiger partial charge in [0, 0.05) is 32.0 Å². The van der Waals surface area contributed by atoms with Gasteiger partial charge in [0.25, 0.3) is 0 Å². The van der Waals surface area contributed by atoms with Crippen molar-refractivity contribution in [2.24, 2.45) is 11.8 Å². The van der Waals surface area contributed by atoms with Crippen LogP contribution < -0.4 is 0 Å². The van der Waals surface area contributed by atoms with Crippen LogP contribution in [0.4, 0.5) is 0 Å². The Morgan fingerprint density at radius 1 is 1.27 bits per heavy atom. The van der Waals surface area contributed by atoms with Crippen LogP contribution in [-0.2, 0) is 9.53 Å². The number of esters is 1. The van der Waals surface area contributed by atoms with Gasteiger partial charge in [-0.2, -0.15) is 0 Å². The highest BCUT2D eigenvalue weighted by molar-refractivity contribution is 5.76. The minimum Gasteiger partial charge on any atom is -0.461 e. The van der Waals surface area contributed by atoms with Crippen LogP contribution in [0.2, 0.25) is 0 Å². The molecule has 2 aliphatic rings. The number of ether oxygens (including phenoxy) is 1. The van der Waals surface area contributed by atoms with Crippen molar-refractivity contribution in [1.29, 1.82) is 0 Å². The molecule has 4 N–H and O–H groups in total. The third-order valence-corrected chi connectivity index (χ3v) is 5.35. The first-order chi connectivity index (χ1) is 12.4. The molecule has 2 rings (SSSR count). The average Bonchev–Trinajstić information content (AvgIpc) is 2.87. The summed E-state index contributed by atoms with van der Waals surface area (Å²) < 4.78 is 5.54. The molecule has 0 radical (unpaired) electrons. The lowest BCUT2D eigenvalue weighted by Gasteiger charge is -2.30. The summed E-state index contributed by atoms with van der Waals surface area (Å²) in [7, 11) is 0. The Labute approximate surface area is 154 Å². The Bertz CT molecular complexity index is 528. The van der Waals surface area contributed by atoms with Gasteiger partial charge in [-0.3, -0.25) is 9.69 Å². The van der Waals surface area contributed by atoms with Gasteiger partial charge in [-0.1, -0.05) is 18.2 Å². The van der Waals surface area contributed by atoms with Gasteiger partial charge in [-0.25, -0.2) is 0 Å². The molecule has 26 heavy (non-hydrogen) atoms. The maximum atomic E-state index is 12.5. The van der Waals surface area contributed by atoms with E-state index >= 15 is 0 Å². The van der Waals surface area contributed by atoms with Gasteiger partial charge >= 0.3 is 5.97 Å². The lowest BCUT2D eigenvalue weighted by atomic mass is 9.80. The molecule has 5 atom stereocenters. The van der Waals surface area contributed by atoms with E-state index in [0.29, 0.717) is 44.5 Å². The monoisotopic (exact) mass is 369 g/mol. The normalized spacial score (nSPS) is 35.0. The van der Waals surface area contributed by atoms with E-state index in [1.165, 1.54) is 0 Å². The van der Waals surface area contributed by atoms with Gasteiger partial charge in [-0.05, 0) is 25.3 Å². The lowest BCUT2D eigenvalue weighted by molar-refractivity contribution is -0.144. The SMILES string of the molecule is C=C1C[C@@H]2OC(=O)C(CN(CCO)CCO)C2[C@H](O)/C=C(\C)CC[C@@H]1O. The second-order valence-electron chi connectivity index (χ2n) is 7.33. The summed E-state index contributed by atoms with van der Waals surface area (Å²) in [4.78, 5) is 14.3. The van der Waals surface area contributed by atoms with Gasteiger partial charge in [0.2, 0.25) is 0 Å². The van der Waals surface area contributed by atoms with E-state index in [-0.39, 0.29) is 13.2 Å². The molecule has 148 valence electrons. The number of carbonyl (C=O) groups is 1. The van der Waals surface area contributed by atoms with Crippen LogP contribution >= 0.6 is 0 Å². The van der Waals surface area contributed by atoms with Crippen LogP contribution in [0.1, 0.15) is 26.2 Å². The van der Waals surface area contributed by atoms with E-state index in [0.717, 1.165) is 5.57 Å². The lowest BCUT2D eigenvalue weighted by Crippen LogP contribution is -2.41. The van der Waals surface area contributed by atoms with Crippen molar-refractivity contribution in [3.63, 3.8) is 0 Å². The first-order valence-corrected chi connectivity index (χ1v) is 9.23. The molecule has 0 saturated carbocycles. The van der Waals surface area contributed by atoms with Crippen LogP contribution in [-0.4, -0.2) is 82.5 Å². The quantitative estimate of drug-likeness (QED) is 0.380. The van der Waals surface area contributed by atoms with E-state index in [9.17, 15) is 25.2 Å². The molecular formula is C19H31NO6. The van der Waals surface area contributed by atoms with Crippen LogP contribution in [0, 0.1) is 11.8 Å². The number of aliphatic hydroxyl groups is 4. The Morgan fingerprint density at radius 2 is 1.92 bits per heavy atom. The summed E-state index contributed by atoms with van der Waals surface area (Å²) in [5, 5.41) is 39.4. The smallest absolute Gasteiger partial charge is 0.311 e. The Balaban J connectivity index is 2.26. The number of nitrogens with zero attached hydrogens (tertiary/aromatic N) is 1. The summed E-state index contributed by atoms with van der Waals surface area (Å²) in [6.07, 6.45) is 1.20. The largest absolute Gasteiger partial charge is 0.461 e. The predicted octanol–water partition coefficient (Wildman–Crippen LogP) is -0.161. The molecule has 0 spiro atoms. The third kappa shape index (κ3) is 5.14. The zero-order valence-corrected chi connectivity index (χ0v) is 15.4. The third-order valence-electron chi connectivity index (χ3n) is 5.35. The Hall–Kier alpha value is -1.25. The molecule has 1 heterocycles. The zero-order chi connectivity index (χ0) is 19.3. The van der Waals surface area contributed by atoms with Crippen molar-refractivity contribution >= 4 is 5.97 Å². The molecule has 0 aromatic rings. The molecule has 7 heteroatoms. The highest BCUT2D eigenvalue weighted by Gasteiger charge is 2.48. The average molecular weight is 369 g/mol. The fraction of sp³-hybridized carbons (Fsp3) is 0.737. The fourth-order valence-electron chi connectivity index (χ4n) is 3.87. The van der Waals surface area contributed by atoms with E-state index in [4.69, 9.17) is 4.74 Å². The van der Waals surface area contributed by atoms with Crippen molar-refractivity contribution in [3.8, 4) is 0 Å². The molecule has 1 aliphatic carbocycles. The summed E-state index contributed by atoms with van der Waals surface area (Å²) in [5.74, 6) is -1.42. The molecule has 0 amide bonds. The summed E-state index contributed by atoms with van der Waals surface area (Å²) in [6, 6.07) is 0. The molecule has 1 aliphatic heterocycles. The van der Waals surface area contributed by atoms with E-state index in [2.05, 4.69) is 6.58 Å². The minimum atomic E-state index is -0.843. The van der Waals surface area contributed by atoms with Gasteiger partial charge in [0.05, 0.1) is 31.3 Å². The van der Waals surface area contributed by atoms with Gasteiger partial charge in [0.1, 0.15) is 6.10 Å². The number of allylic oxidation sites excluding steroid dienone is 1. The number of aliphatic hydroxyl groups excluding tert-OH is 4. The van der Waals surface area contributed by atoms with E-state index in [1.807, 2.05) is 6.92 Å². The molecule has 0 bridgehead atoms. The van der Waals surface area contributed by atoms with Crippen LogP contribution in [0.5, 0.6) is 0 Å². The van der Waals surface area contributed by atoms with Crippen LogP contribution in [0.15, 0.2) is 23.8 Å². The molecular weight excluding hydrogens is 338 g/mol. The van der Waals surface area contributed by atoms with Crippen molar-refractivity contribution in [3.05, 3.63) is 23.8 Å². The summed E-state index contributed by atoms with van der Waals surface area (Å²) in [6.45, 7) is 6.61. The maximum Gasteiger partial charge on any atom is 0.311 e. The number of fused-ring (bicyclic) bond motifs is 1. The number of rotatable bonds is 6. The highest BCUT2D eigenvalue weighted by atomic mass is 16.6. The highest BCUT2D eigenvalue weighted by Crippen LogP contribution is 2.37. The number of hydrogen-bond acceptors (Lipinski definition) is 7. The molecule has 7 nitrogen and oxygen atoms in total. The minimum absolute atomic E-state index is 0.0829. The van der Waals surface area contributed by atoms with Crippen molar-refractivity contribution in [1.82, 2.24) is 4.90 Å². The molecule has 0 aromatic carbocycles. The molecule has 1 fully saturated rings. The predicted molar refractivity (Wildman–Crippen MR) is 96.2 cm³/mol. The maximum absolute atomic E-state index is 12.5.